The van der Waals surface area contributed by atoms with Crippen molar-refractivity contribution in [3.63, 3.8) is 0 Å². The van der Waals surface area contributed by atoms with Crippen LogP contribution in [-0.4, -0.2) is 39.6 Å². The number of carboxylic acid groups (broad SMARTS) is 1. The molecule has 0 radical (unpaired) electrons. The molecule has 0 bridgehead atoms. The van der Waals surface area contributed by atoms with Crippen molar-refractivity contribution in [3.05, 3.63) is 47.0 Å². The van der Waals surface area contributed by atoms with E-state index in [4.69, 9.17) is 5.11 Å². The summed E-state index contributed by atoms with van der Waals surface area (Å²) in [6.07, 6.45) is 2.97. The average molecular weight is 328 g/mol. The topological polar surface area (TPSA) is 96.3 Å². The quantitative estimate of drug-likeness (QED) is 0.777. The number of aliphatic carboxylic acids is 1. The number of aromatic nitrogens is 3. The lowest BCUT2D eigenvalue weighted by molar-refractivity contribution is -0.135. The van der Waals surface area contributed by atoms with Gasteiger partial charge >= 0.3 is 5.97 Å². The Kier molecular flexibility index (Phi) is 3.98. The maximum absolute atomic E-state index is 12.1. The fourth-order valence-corrected chi connectivity index (χ4v) is 3.00. The van der Waals surface area contributed by atoms with Gasteiger partial charge in [0, 0.05) is 11.7 Å². The van der Waals surface area contributed by atoms with Crippen molar-refractivity contribution in [2.75, 3.05) is 18.5 Å². The van der Waals surface area contributed by atoms with Crippen molar-refractivity contribution >= 4 is 33.2 Å². The van der Waals surface area contributed by atoms with E-state index in [0.29, 0.717) is 21.9 Å². The van der Waals surface area contributed by atoms with E-state index in [1.165, 1.54) is 28.6 Å². The van der Waals surface area contributed by atoms with Crippen LogP contribution in [0.4, 0.5) is 5.82 Å². The molecule has 0 saturated carbocycles. The molecule has 8 heteroatoms. The Hall–Kier alpha value is -2.87. The second-order valence-electron chi connectivity index (χ2n) is 4.83. The maximum atomic E-state index is 12.1. The van der Waals surface area contributed by atoms with Crippen LogP contribution < -0.4 is 10.5 Å². The van der Waals surface area contributed by atoms with Crippen LogP contribution in [0, 0.1) is 0 Å². The van der Waals surface area contributed by atoms with E-state index in [9.17, 15) is 9.59 Å². The second kappa shape index (κ2) is 6.09. The minimum Gasteiger partial charge on any atom is -0.480 e. The van der Waals surface area contributed by atoms with Crippen molar-refractivity contribution in [1.82, 2.24) is 15.0 Å². The number of likely N-dealkylation sites (N-methyl/N-ethyl adjacent to an activating group) is 1. The average Bonchev–Trinajstić information content (AvgIpc) is 2.54. The molecule has 23 heavy (non-hydrogen) atoms. The van der Waals surface area contributed by atoms with Gasteiger partial charge in [0.2, 0.25) is 0 Å². The molecule has 0 atom stereocenters. The van der Waals surface area contributed by atoms with Crippen molar-refractivity contribution in [3.8, 4) is 10.7 Å². The number of benzene rings is 1. The van der Waals surface area contributed by atoms with Gasteiger partial charge in [-0.25, -0.2) is 4.98 Å². The number of hydrogen-bond donors (Lipinski definition) is 1. The molecule has 0 saturated heterocycles. The first kappa shape index (κ1) is 15.0. The summed E-state index contributed by atoms with van der Waals surface area (Å²) in [4.78, 5) is 36.8. The molecule has 0 spiro atoms. The molecule has 1 N–H and O–H groups in total. The van der Waals surface area contributed by atoms with Crippen LogP contribution in [-0.2, 0) is 4.79 Å². The summed E-state index contributed by atoms with van der Waals surface area (Å²) in [5, 5.41) is 9.86. The first-order valence-corrected chi connectivity index (χ1v) is 7.51. The zero-order valence-electron chi connectivity index (χ0n) is 12.1. The van der Waals surface area contributed by atoms with Gasteiger partial charge in [-0.3, -0.25) is 14.6 Å². The van der Waals surface area contributed by atoms with Gasteiger partial charge in [-0.05, 0) is 12.1 Å². The second-order valence-corrected chi connectivity index (χ2v) is 5.86. The molecule has 0 amide bonds. The molecule has 0 aliphatic carbocycles. The van der Waals surface area contributed by atoms with Crippen molar-refractivity contribution in [1.29, 1.82) is 0 Å². The van der Waals surface area contributed by atoms with Gasteiger partial charge in [0.05, 0.1) is 17.8 Å². The van der Waals surface area contributed by atoms with Crippen LogP contribution in [0.2, 0.25) is 0 Å². The number of rotatable bonds is 4. The third kappa shape index (κ3) is 3.16. The van der Waals surface area contributed by atoms with Gasteiger partial charge < -0.3 is 10.0 Å². The Morgan fingerprint density at radius 3 is 2.83 bits per heavy atom. The summed E-state index contributed by atoms with van der Waals surface area (Å²) in [7, 11) is 1.61. The summed E-state index contributed by atoms with van der Waals surface area (Å²) >= 11 is 1.34. The first-order valence-electron chi connectivity index (χ1n) is 6.70. The van der Waals surface area contributed by atoms with Gasteiger partial charge in [0.25, 0.3) is 5.56 Å². The third-order valence-electron chi connectivity index (χ3n) is 3.13. The van der Waals surface area contributed by atoms with Gasteiger partial charge in [-0.2, -0.15) is 4.98 Å². The number of nitrogens with zero attached hydrogens (tertiary/aromatic N) is 4. The number of hydrogen-bond acceptors (Lipinski definition) is 7. The molecule has 7 nitrogen and oxygen atoms in total. The van der Waals surface area contributed by atoms with Crippen LogP contribution >= 0.6 is 11.3 Å². The lowest BCUT2D eigenvalue weighted by atomic mass is 10.3. The van der Waals surface area contributed by atoms with Crippen LogP contribution in [0.25, 0.3) is 20.8 Å². The fourth-order valence-electron chi connectivity index (χ4n) is 2.05. The zero-order valence-corrected chi connectivity index (χ0v) is 12.9. The predicted molar refractivity (Wildman–Crippen MR) is 87.8 cm³/mol. The van der Waals surface area contributed by atoms with Crippen LogP contribution in [0.5, 0.6) is 0 Å². The predicted octanol–water partition coefficient (Wildman–Crippen LogP) is 1.63. The number of fused-ring (bicyclic) bond motifs is 1. The van der Waals surface area contributed by atoms with Crippen LogP contribution in [0.15, 0.2) is 41.5 Å². The van der Waals surface area contributed by atoms with E-state index < -0.39 is 5.97 Å². The Balaban J connectivity index is 2.05. The molecule has 1 aromatic carbocycles. The van der Waals surface area contributed by atoms with E-state index in [2.05, 4.69) is 15.0 Å². The standard InChI is InChI=1S/C15H12N4O3S/c1-19(8-13(20)21)12-7-16-6-10(17-12)15-18-14(22)9-4-2-3-5-11(9)23-15/h2-7H,8H2,1H3,(H,20,21). The zero-order chi connectivity index (χ0) is 16.4. The monoisotopic (exact) mass is 328 g/mol. The maximum Gasteiger partial charge on any atom is 0.323 e. The molecular formula is C15H12N4O3S. The molecule has 0 unspecified atom stereocenters. The van der Waals surface area contributed by atoms with Crippen molar-refractivity contribution < 1.29 is 9.90 Å². The largest absolute Gasteiger partial charge is 0.480 e. The number of anilines is 1. The van der Waals surface area contributed by atoms with Gasteiger partial charge in [0.15, 0.2) is 0 Å². The van der Waals surface area contributed by atoms with E-state index in [-0.39, 0.29) is 12.1 Å². The molecule has 116 valence electrons. The molecule has 3 aromatic rings. The highest BCUT2D eigenvalue weighted by atomic mass is 32.1. The number of carboxylic acids is 1. The van der Waals surface area contributed by atoms with Gasteiger partial charge in [0.1, 0.15) is 23.1 Å². The lowest BCUT2D eigenvalue weighted by Crippen LogP contribution is -2.26. The highest BCUT2D eigenvalue weighted by Gasteiger charge is 2.12. The summed E-state index contributed by atoms with van der Waals surface area (Å²) in [6, 6.07) is 7.22. The Bertz CT molecular complexity index is 941. The Labute approximate surface area is 134 Å². The number of carbonyl (C=O) groups is 1. The van der Waals surface area contributed by atoms with E-state index in [1.807, 2.05) is 12.1 Å². The Morgan fingerprint density at radius 2 is 2.04 bits per heavy atom. The minimum absolute atomic E-state index is 0.195. The van der Waals surface area contributed by atoms with E-state index in [0.717, 1.165) is 4.70 Å². The summed E-state index contributed by atoms with van der Waals surface area (Å²) < 4.78 is 0.814. The lowest BCUT2D eigenvalue weighted by Gasteiger charge is -2.15. The molecule has 0 aliphatic rings. The molecular weight excluding hydrogens is 316 g/mol. The molecule has 3 rings (SSSR count). The normalized spacial score (nSPS) is 10.7. The highest BCUT2D eigenvalue weighted by Crippen LogP contribution is 2.25. The minimum atomic E-state index is -0.965. The van der Waals surface area contributed by atoms with Gasteiger partial charge in [-0.1, -0.05) is 12.1 Å². The van der Waals surface area contributed by atoms with E-state index >= 15 is 0 Å². The van der Waals surface area contributed by atoms with Crippen LogP contribution in [0.1, 0.15) is 0 Å². The third-order valence-corrected chi connectivity index (χ3v) is 4.20. The SMILES string of the molecule is CN(CC(=O)O)c1cncc(-c2nc(=O)c3ccccc3s2)n1. The van der Waals surface area contributed by atoms with E-state index in [1.54, 1.807) is 19.2 Å². The summed E-state index contributed by atoms with van der Waals surface area (Å²) in [6.45, 7) is -0.195. The van der Waals surface area contributed by atoms with Crippen molar-refractivity contribution in [2.24, 2.45) is 0 Å². The smallest absolute Gasteiger partial charge is 0.323 e. The molecule has 0 fully saturated rings. The first-order chi connectivity index (χ1) is 11.0. The molecule has 0 aliphatic heterocycles. The van der Waals surface area contributed by atoms with Gasteiger partial charge in [-0.15, -0.1) is 11.3 Å². The molecule has 2 aromatic heterocycles. The highest BCUT2D eigenvalue weighted by molar-refractivity contribution is 7.21. The summed E-state index contributed by atoms with van der Waals surface area (Å²) in [5.41, 5.74) is 0.119. The molecule has 2 heterocycles. The fraction of sp³-hybridized carbons (Fsp3) is 0.133. The van der Waals surface area contributed by atoms with Crippen molar-refractivity contribution in [2.45, 2.75) is 0 Å². The summed E-state index contributed by atoms with van der Waals surface area (Å²) in [5.74, 6) is -0.562. The van der Waals surface area contributed by atoms with Crippen LogP contribution in [0.3, 0.4) is 0 Å². The Morgan fingerprint density at radius 1 is 1.26 bits per heavy atom.